The highest BCUT2D eigenvalue weighted by Gasteiger charge is 2.38. The maximum atomic E-state index is 11.5. The number of hydrogen-bond acceptors (Lipinski definition) is 4. The molecular formula is C7H15ClN4O. The average Bonchev–Trinajstić information content (AvgIpc) is 2.06. The minimum atomic E-state index is -0.388. The van der Waals surface area contributed by atoms with E-state index in [1.165, 1.54) is 0 Å². The summed E-state index contributed by atoms with van der Waals surface area (Å²) < 4.78 is 0. The van der Waals surface area contributed by atoms with Gasteiger partial charge in [-0.3, -0.25) is 16.2 Å². The predicted octanol–water partition coefficient (Wildman–Crippen LogP) is -1.75. The van der Waals surface area contributed by atoms with Gasteiger partial charge in [0.05, 0.1) is 6.04 Å². The Balaban J connectivity index is 2.02. The molecule has 1 saturated carbocycles. The Labute approximate surface area is 82.1 Å². The van der Waals surface area contributed by atoms with Crippen LogP contribution in [0.3, 0.4) is 0 Å². The maximum absolute atomic E-state index is 11.5. The van der Waals surface area contributed by atoms with Crippen molar-refractivity contribution in [3.8, 4) is 0 Å². The van der Waals surface area contributed by atoms with E-state index >= 15 is 0 Å². The summed E-state index contributed by atoms with van der Waals surface area (Å²) in [6.07, 6.45) is 2.29. The number of hydroxylamine groups is 1. The summed E-state index contributed by atoms with van der Waals surface area (Å²) in [6.45, 7) is 0. The van der Waals surface area contributed by atoms with Crippen LogP contribution in [0.2, 0.25) is 0 Å². The van der Waals surface area contributed by atoms with E-state index in [1.54, 1.807) is 0 Å². The zero-order chi connectivity index (χ0) is 9.42. The highest BCUT2D eigenvalue weighted by Crippen LogP contribution is 2.22. The highest BCUT2D eigenvalue weighted by molar-refractivity contribution is 6.20. The molecule has 0 aromatic carbocycles. The van der Waals surface area contributed by atoms with E-state index in [9.17, 15) is 5.21 Å². The molecule has 5 unspecified atom stereocenters. The molecule has 5 N–H and O–H groups in total. The van der Waals surface area contributed by atoms with Gasteiger partial charge in [0.25, 0.3) is 0 Å². The fourth-order valence-electron chi connectivity index (χ4n) is 2.14. The van der Waals surface area contributed by atoms with Crippen LogP contribution in [0, 0.1) is 5.21 Å². The van der Waals surface area contributed by atoms with Crippen LogP contribution >= 0.6 is 11.6 Å². The predicted molar refractivity (Wildman–Crippen MR) is 49.6 cm³/mol. The number of fused-ring (bicyclic) bond motifs is 1. The van der Waals surface area contributed by atoms with Gasteiger partial charge in [-0.15, -0.1) is 17.0 Å². The van der Waals surface area contributed by atoms with Crippen LogP contribution in [-0.4, -0.2) is 23.8 Å². The Morgan fingerprint density at radius 3 is 3.00 bits per heavy atom. The lowest BCUT2D eigenvalue weighted by atomic mass is 9.89. The summed E-state index contributed by atoms with van der Waals surface area (Å²) in [5.74, 6) is 0. The molecule has 0 spiro atoms. The SMILES string of the molecule is NC1NC2CCC(Cl)CC2[NH+]([O-])N1. The molecule has 2 rings (SSSR count). The summed E-state index contributed by atoms with van der Waals surface area (Å²) in [4.78, 5) is 0. The molecule has 13 heavy (non-hydrogen) atoms. The maximum Gasteiger partial charge on any atom is 0.156 e. The van der Waals surface area contributed by atoms with Crippen LogP contribution in [0.15, 0.2) is 0 Å². The lowest BCUT2D eigenvalue weighted by Gasteiger charge is -2.46. The monoisotopic (exact) mass is 206 g/mol. The molecule has 0 aromatic heterocycles. The quantitative estimate of drug-likeness (QED) is 0.280. The molecule has 0 aromatic rings. The van der Waals surface area contributed by atoms with Crippen LogP contribution in [0.1, 0.15) is 19.3 Å². The van der Waals surface area contributed by atoms with Gasteiger partial charge in [0.15, 0.2) is 6.29 Å². The molecule has 0 bridgehead atoms. The minimum Gasteiger partial charge on any atom is -0.613 e. The van der Waals surface area contributed by atoms with E-state index in [0.29, 0.717) is 0 Å². The standard InChI is InChI=1S/C7H15ClN4O/c8-4-1-2-5-6(3-4)12(13)11-7(9)10-5/h4-7,10-12H,1-3,9H2. The van der Waals surface area contributed by atoms with Crippen molar-refractivity contribution in [2.45, 2.75) is 43.0 Å². The third-order valence-electron chi connectivity index (χ3n) is 2.81. The number of alkyl halides is 1. The van der Waals surface area contributed by atoms with E-state index in [2.05, 4.69) is 10.7 Å². The van der Waals surface area contributed by atoms with Crippen LogP contribution in [-0.2, 0) is 0 Å². The van der Waals surface area contributed by atoms with Gasteiger partial charge in [0, 0.05) is 11.8 Å². The molecule has 6 heteroatoms. The Bertz CT molecular complexity index is 193. The number of quaternary nitrogens is 1. The minimum absolute atomic E-state index is 0.0102. The molecule has 5 nitrogen and oxygen atoms in total. The third-order valence-corrected chi connectivity index (χ3v) is 3.21. The molecule has 2 fully saturated rings. The second-order valence-corrected chi connectivity index (χ2v) is 4.39. The van der Waals surface area contributed by atoms with Crippen molar-refractivity contribution >= 4 is 11.6 Å². The van der Waals surface area contributed by atoms with Crippen LogP contribution in [0.5, 0.6) is 0 Å². The zero-order valence-corrected chi connectivity index (χ0v) is 8.05. The molecule has 0 radical (unpaired) electrons. The number of halogens is 1. The van der Waals surface area contributed by atoms with Gasteiger partial charge in [-0.2, -0.15) is 0 Å². The number of nitrogens with one attached hydrogen (secondary N) is 3. The molecule has 1 heterocycles. The summed E-state index contributed by atoms with van der Waals surface area (Å²) >= 11 is 6.00. The molecule has 1 aliphatic carbocycles. The first kappa shape index (κ1) is 9.64. The largest absolute Gasteiger partial charge is 0.613 e. The summed E-state index contributed by atoms with van der Waals surface area (Å²) in [5, 5.41) is 14.8. The van der Waals surface area contributed by atoms with E-state index in [0.717, 1.165) is 19.3 Å². The first-order valence-electron chi connectivity index (χ1n) is 4.63. The molecule has 2 aliphatic rings. The van der Waals surface area contributed by atoms with E-state index < -0.39 is 0 Å². The van der Waals surface area contributed by atoms with Gasteiger partial charge in [0.2, 0.25) is 0 Å². The van der Waals surface area contributed by atoms with E-state index in [4.69, 9.17) is 17.3 Å². The van der Waals surface area contributed by atoms with Crippen molar-refractivity contribution in [3.05, 3.63) is 5.21 Å². The van der Waals surface area contributed by atoms with Gasteiger partial charge in [-0.1, -0.05) is 0 Å². The van der Waals surface area contributed by atoms with Gasteiger partial charge < -0.3 is 5.21 Å². The Kier molecular flexibility index (Phi) is 2.73. The summed E-state index contributed by atoms with van der Waals surface area (Å²) in [6, 6.07) is 0.231. The van der Waals surface area contributed by atoms with Crippen molar-refractivity contribution in [2.24, 2.45) is 5.73 Å². The number of rotatable bonds is 0. The summed E-state index contributed by atoms with van der Waals surface area (Å²) in [7, 11) is 0. The van der Waals surface area contributed by atoms with Gasteiger partial charge in [-0.05, 0) is 12.8 Å². The van der Waals surface area contributed by atoms with Crippen molar-refractivity contribution in [2.75, 3.05) is 0 Å². The molecule has 1 aliphatic heterocycles. The lowest BCUT2D eigenvalue weighted by molar-refractivity contribution is -0.934. The molecule has 76 valence electrons. The molecular weight excluding hydrogens is 192 g/mol. The van der Waals surface area contributed by atoms with Crippen molar-refractivity contribution in [1.82, 2.24) is 10.7 Å². The second-order valence-electron chi connectivity index (χ2n) is 3.78. The van der Waals surface area contributed by atoms with Crippen LogP contribution < -0.4 is 21.6 Å². The van der Waals surface area contributed by atoms with Gasteiger partial charge >= 0.3 is 0 Å². The lowest BCUT2D eigenvalue weighted by Crippen LogP contribution is -3.23. The Morgan fingerprint density at radius 2 is 2.23 bits per heavy atom. The van der Waals surface area contributed by atoms with Crippen LogP contribution in [0.25, 0.3) is 0 Å². The van der Waals surface area contributed by atoms with E-state index in [-0.39, 0.29) is 28.9 Å². The fourth-order valence-corrected chi connectivity index (χ4v) is 2.46. The van der Waals surface area contributed by atoms with Crippen molar-refractivity contribution < 1.29 is 5.17 Å². The van der Waals surface area contributed by atoms with Crippen molar-refractivity contribution in [1.29, 1.82) is 0 Å². The second kappa shape index (κ2) is 3.68. The number of hydrogen-bond donors (Lipinski definition) is 4. The molecule has 0 amide bonds. The highest BCUT2D eigenvalue weighted by atomic mass is 35.5. The fraction of sp³-hybridized carbons (Fsp3) is 1.00. The Hall–Kier alpha value is 0.0900. The normalized spacial score (nSPS) is 51.5. The first-order valence-corrected chi connectivity index (χ1v) is 5.06. The van der Waals surface area contributed by atoms with E-state index in [1.807, 2.05) is 0 Å². The Morgan fingerprint density at radius 1 is 1.46 bits per heavy atom. The average molecular weight is 207 g/mol. The first-order chi connectivity index (χ1) is 6.16. The third kappa shape index (κ3) is 1.96. The van der Waals surface area contributed by atoms with Gasteiger partial charge in [-0.25, -0.2) is 0 Å². The molecule has 5 atom stereocenters. The number of nitrogens with two attached hydrogens (primary N) is 1. The topological polar surface area (TPSA) is 77.6 Å². The smallest absolute Gasteiger partial charge is 0.156 e. The summed E-state index contributed by atoms with van der Waals surface area (Å²) in [5.41, 5.74) is 8.26. The van der Waals surface area contributed by atoms with Crippen molar-refractivity contribution in [3.63, 3.8) is 0 Å². The van der Waals surface area contributed by atoms with Gasteiger partial charge in [0.1, 0.15) is 6.04 Å². The van der Waals surface area contributed by atoms with Crippen LogP contribution in [0.4, 0.5) is 0 Å². The zero-order valence-electron chi connectivity index (χ0n) is 7.29. The molecule has 1 saturated heterocycles.